The van der Waals surface area contributed by atoms with E-state index in [9.17, 15) is 9.59 Å². The van der Waals surface area contributed by atoms with Crippen LogP contribution in [0, 0.1) is 0 Å². The van der Waals surface area contributed by atoms with Crippen molar-refractivity contribution in [2.24, 2.45) is 5.73 Å². The lowest BCUT2D eigenvalue weighted by atomic mass is 10.1. The van der Waals surface area contributed by atoms with Crippen LogP contribution >= 0.6 is 0 Å². The fraction of sp³-hybridized carbons (Fsp3) is 0.556. The number of ether oxygens (including phenoxy) is 1. The Morgan fingerprint density at radius 2 is 1.75 bits per heavy atom. The highest BCUT2D eigenvalue weighted by atomic mass is 16.5. The Kier molecular flexibility index (Phi) is 5.35. The number of carbonyl (C=O) groups excluding carboxylic acids is 2. The van der Waals surface area contributed by atoms with Crippen LogP contribution in [0.3, 0.4) is 0 Å². The molecule has 3 rings (SSSR count). The lowest BCUT2D eigenvalue weighted by Crippen LogP contribution is -2.41. The molecule has 1 aromatic rings. The van der Waals surface area contributed by atoms with E-state index in [0.29, 0.717) is 30.4 Å². The summed E-state index contributed by atoms with van der Waals surface area (Å²) < 4.78 is 6.15. The van der Waals surface area contributed by atoms with Crippen LogP contribution in [0.5, 0.6) is 0 Å². The number of amides is 3. The van der Waals surface area contributed by atoms with Gasteiger partial charge in [0.05, 0.1) is 12.2 Å². The average molecular weight is 331 g/mol. The Morgan fingerprint density at radius 3 is 2.42 bits per heavy atom. The maximum absolute atomic E-state index is 12.6. The first-order valence-electron chi connectivity index (χ1n) is 8.73. The summed E-state index contributed by atoms with van der Waals surface area (Å²) in [6.07, 6.45) is 7.39. The van der Waals surface area contributed by atoms with Crippen molar-refractivity contribution in [2.75, 3.05) is 18.4 Å². The number of nitrogens with one attached hydrogen (secondary N) is 1. The number of rotatable bonds is 4. The second-order valence-corrected chi connectivity index (χ2v) is 6.60. The van der Waals surface area contributed by atoms with Crippen molar-refractivity contribution in [3.8, 4) is 0 Å². The highest BCUT2D eigenvalue weighted by Crippen LogP contribution is 2.26. The van der Waals surface area contributed by atoms with Gasteiger partial charge in [0.1, 0.15) is 0 Å². The smallest absolute Gasteiger partial charge is 0.316 e. The Bertz CT molecular complexity index is 591. The minimum Gasteiger partial charge on any atom is -0.375 e. The first-order chi connectivity index (χ1) is 11.6. The summed E-state index contributed by atoms with van der Waals surface area (Å²) in [6, 6.07) is 6.24. The molecule has 0 aromatic heterocycles. The van der Waals surface area contributed by atoms with Gasteiger partial charge in [0, 0.05) is 24.3 Å². The predicted molar refractivity (Wildman–Crippen MR) is 91.9 cm³/mol. The first-order valence-corrected chi connectivity index (χ1v) is 8.73. The number of benzene rings is 1. The van der Waals surface area contributed by atoms with Gasteiger partial charge in [0.2, 0.25) is 0 Å². The van der Waals surface area contributed by atoms with Crippen LogP contribution in [0.1, 0.15) is 48.9 Å². The molecule has 1 aliphatic heterocycles. The second-order valence-electron chi connectivity index (χ2n) is 6.60. The normalized spacial score (nSPS) is 19.4. The number of carbonyl (C=O) groups is 2. The van der Waals surface area contributed by atoms with Crippen LogP contribution in [-0.2, 0) is 4.74 Å². The molecule has 2 aliphatic rings. The molecule has 2 fully saturated rings. The number of anilines is 1. The molecule has 1 aromatic carbocycles. The van der Waals surface area contributed by atoms with Gasteiger partial charge in [-0.05, 0) is 43.9 Å². The fourth-order valence-electron chi connectivity index (χ4n) is 3.55. The van der Waals surface area contributed by atoms with E-state index in [0.717, 1.165) is 12.8 Å². The molecule has 24 heavy (non-hydrogen) atoms. The van der Waals surface area contributed by atoms with Crippen molar-refractivity contribution < 1.29 is 14.3 Å². The van der Waals surface area contributed by atoms with E-state index in [1.54, 1.807) is 24.3 Å². The quantitative estimate of drug-likeness (QED) is 0.889. The molecule has 6 heteroatoms. The van der Waals surface area contributed by atoms with E-state index >= 15 is 0 Å². The van der Waals surface area contributed by atoms with Gasteiger partial charge in [-0.25, -0.2) is 4.79 Å². The molecule has 1 heterocycles. The van der Waals surface area contributed by atoms with E-state index in [1.165, 1.54) is 25.7 Å². The van der Waals surface area contributed by atoms with Gasteiger partial charge in [-0.2, -0.15) is 0 Å². The van der Waals surface area contributed by atoms with Crippen molar-refractivity contribution in [3.63, 3.8) is 0 Å². The van der Waals surface area contributed by atoms with Crippen molar-refractivity contribution in [3.05, 3.63) is 29.8 Å². The summed E-state index contributed by atoms with van der Waals surface area (Å²) in [5.41, 5.74) is 6.22. The topological polar surface area (TPSA) is 84.7 Å². The van der Waals surface area contributed by atoms with Crippen LogP contribution < -0.4 is 11.1 Å². The van der Waals surface area contributed by atoms with Crippen LogP contribution in [0.4, 0.5) is 10.5 Å². The summed E-state index contributed by atoms with van der Waals surface area (Å²) in [6.45, 7) is 1.42. The van der Waals surface area contributed by atoms with E-state index in [4.69, 9.17) is 10.5 Å². The molecule has 0 unspecified atom stereocenters. The van der Waals surface area contributed by atoms with E-state index in [1.807, 2.05) is 4.90 Å². The number of nitrogens with two attached hydrogens (primary N) is 1. The summed E-state index contributed by atoms with van der Waals surface area (Å²) in [7, 11) is 0. The van der Waals surface area contributed by atoms with Crippen molar-refractivity contribution in [1.29, 1.82) is 0 Å². The second kappa shape index (κ2) is 7.66. The standard InChI is InChI=1S/C18H25N3O3/c19-18(23)20-14-5-3-4-13(12-14)17(22)21-10-8-16(9-11-21)24-15-6-1-2-7-15/h3-5,12,15-16H,1-2,6-11H2,(H3,19,20,23). The Morgan fingerprint density at radius 1 is 1.08 bits per heavy atom. The highest BCUT2D eigenvalue weighted by Gasteiger charge is 2.27. The maximum atomic E-state index is 12.6. The highest BCUT2D eigenvalue weighted by molar-refractivity contribution is 5.96. The zero-order valence-electron chi connectivity index (χ0n) is 13.9. The molecule has 0 radical (unpaired) electrons. The number of likely N-dealkylation sites (tertiary alicyclic amines) is 1. The van der Waals surface area contributed by atoms with Gasteiger partial charge in [-0.15, -0.1) is 0 Å². The third kappa shape index (κ3) is 4.26. The average Bonchev–Trinajstić information content (AvgIpc) is 3.07. The van der Waals surface area contributed by atoms with Crippen molar-refractivity contribution >= 4 is 17.6 Å². The number of piperidine rings is 1. The monoisotopic (exact) mass is 331 g/mol. The largest absolute Gasteiger partial charge is 0.375 e. The van der Waals surface area contributed by atoms with E-state index < -0.39 is 6.03 Å². The molecule has 0 bridgehead atoms. The number of hydrogen-bond acceptors (Lipinski definition) is 3. The number of urea groups is 1. The Labute approximate surface area is 142 Å². The Balaban J connectivity index is 1.53. The summed E-state index contributed by atoms with van der Waals surface area (Å²) in [4.78, 5) is 25.4. The van der Waals surface area contributed by atoms with E-state index in [-0.39, 0.29) is 12.0 Å². The maximum Gasteiger partial charge on any atom is 0.316 e. The van der Waals surface area contributed by atoms with Gasteiger partial charge < -0.3 is 20.7 Å². The number of primary amides is 1. The summed E-state index contributed by atoms with van der Waals surface area (Å²) in [5.74, 6) is -0.0116. The number of nitrogens with zero attached hydrogens (tertiary/aromatic N) is 1. The van der Waals surface area contributed by atoms with Gasteiger partial charge in [0.15, 0.2) is 0 Å². The van der Waals surface area contributed by atoms with Crippen LogP contribution in [0.15, 0.2) is 24.3 Å². The zero-order valence-corrected chi connectivity index (χ0v) is 13.9. The third-order valence-electron chi connectivity index (χ3n) is 4.79. The van der Waals surface area contributed by atoms with E-state index in [2.05, 4.69) is 5.32 Å². The van der Waals surface area contributed by atoms with Crippen LogP contribution in [0.2, 0.25) is 0 Å². The minimum absolute atomic E-state index is 0.0116. The molecule has 0 spiro atoms. The van der Waals surface area contributed by atoms with Gasteiger partial charge >= 0.3 is 6.03 Å². The van der Waals surface area contributed by atoms with Gasteiger partial charge in [-0.3, -0.25) is 4.79 Å². The van der Waals surface area contributed by atoms with Crippen LogP contribution in [0.25, 0.3) is 0 Å². The van der Waals surface area contributed by atoms with Crippen molar-refractivity contribution in [1.82, 2.24) is 4.90 Å². The summed E-state index contributed by atoms with van der Waals surface area (Å²) >= 11 is 0. The van der Waals surface area contributed by atoms with Gasteiger partial charge in [0.25, 0.3) is 5.91 Å². The van der Waals surface area contributed by atoms with Crippen molar-refractivity contribution in [2.45, 2.75) is 50.7 Å². The lowest BCUT2D eigenvalue weighted by molar-refractivity contribution is -0.0357. The Hall–Kier alpha value is -2.08. The predicted octanol–water partition coefficient (Wildman–Crippen LogP) is 2.74. The molecule has 3 N–H and O–H groups in total. The molecule has 0 atom stereocenters. The first kappa shape index (κ1) is 16.8. The molecule has 3 amide bonds. The fourth-order valence-corrected chi connectivity index (χ4v) is 3.55. The summed E-state index contributed by atoms with van der Waals surface area (Å²) in [5, 5.41) is 2.50. The van der Waals surface area contributed by atoms with Crippen LogP contribution in [-0.4, -0.2) is 42.1 Å². The lowest BCUT2D eigenvalue weighted by Gasteiger charge is -2.33. The molecule has 130 valence electrons. The molecular formula is C18H25N3O3. The SMILES string of the molecule is NC(=O)Nc1cccc(C(=O)N2CCC(OC3CCCC3)CC2)c1. The third-order valence-corrected chi connectivity index (χ3v) is 4.79. The molecular weight excluding hydrogens is 306 g/mol. The number of hydrogen-bond donors (Lipinski definition) is 2. The molecule has 1 aliphatic carbocycles. The minimum atomic E-state index is -0.635. The zero-order chi connectivity index (χ0) is 16.9. The molecule has 6 nitrogen and oxygen atoms in total. The molecule has 1 saturated heterocycles. The molecule has 1 saturated carbocycles. The van der Waals surface area contributed by atoms with Gasteiger partial charge in [-0.1, -0.05) is 18.9 Å².